The summed E-state index contributed by atoms with van der Waals surface area (Å²) < 4.78 is 15.9. The Balaban J connectivity index is 1.69. The van der Waals surface area contributed by atoms with Crippen LogP contribution in [0.2, 0.25) is 0 Å². The van der Waals surface area contributed by atoms with Crippen LogP contribution in [-0.2, 0) is 14.3 Å². The number of anilines is 1. The summed E-state index contributed by atoms with van der Waals surface area (Å²) in [4.78, 5) is 25.4. The number of esters is 1. The highest BCUT2D eigenvalue weighted by atomic mass is 32.2. The van der Waals surface area contributed by atoms with Crippen molar-refractivity contribution in [1.29, 1.82) is 0 Å². The first-order chi connectivity index (χ1) is 13.7. The highest BCUT2D eigenvalue weighted by Crippen LogP contribution is 2.42. The van der Waals surface area contributed by atoms with Gasteiger partial charge in [-0.2, -0.15) is 0 Å². The van der Waals surface area contributed by atoms with Crippen LogP contribution in [0.5, 0.6) is 11.5 Å². The largest absolute Gasteiger partial charge is 0.486 e. The molecule has 3 rings (SSSR count). The second-order valence-electron chi connectivity index (χ2n) is 5.83. The summed E-state index contributed by atoms with van der Waals surface area (Å²) in [5.74, 6) is 1.66. The van der Waals surface area contributed by atoms with Gasteiger partial charge < -0.3 is 19.5 Å². The number of rotatable bonds is 8. The van der Waals surface area contributed by atoms with Gasteiger partial charge >= 0.3 is 5.97 Å². The van der Waals surface area contributed by atoms with E-state index < -0.39 is 0 Å². The number of methoxy groups -OCH3 is 1. The number of amides is 1. The number of nitrogens with one attached hydrogen (secondary N) is 1. The van der Waals surface area contributed by atoms with Crippen molar-refractivity contribution in [3.8, 4) is 11.5 Å². The van der Waals surface area contributed by atoms with Gasteiger partial charge in [-0.1, -0.05) is 30.0 Å². The van der Waals surface area contributed by atoms with Crippen LogP contribution in [0.15, 0.2) is 52.3 Å². The van der Waals surface area contributed by atoms with Gasteiger partial charge in [0.1, 0.15) is 13.2 Å². The van der Waals surface area contributed by atoms with Crippen molar-refractivity contribution in [1.82, 2.24) is 0 Å². The molecule has 2 aromatic carbocycles. The summed E-state index contributed by atoms with van der Waals surface area (Å²) in [6, 6.07) is 13.6. The first-order valence-corrected chi connectivity index (χ1v) is 10.7. The van der Waals surface area contributed by atoms with Gasteiger partial charge in [0, 0.05) is 34.1 Å². The van der Waals surface area contributed by atoms with Gasteiger partial charge in [0.15, 0.2) is 11.5 Å². The quantitative estimate of drug-likeness (QED) is 0.515. The Bertz CT molecular complexity index is 829. The molecular formula is C20H21NO5S2. The Hall–Kier alpha value is -2.32. The molecule has 8 heteroatoms. The molecule has 1 amide bonds. The lowest BCUT2D eigenvalue weighted by Gasteiger charge is -2.21. The molecular weight excluding hydrogens is 398 g/mol. The van der Waals surface area contributed by atoms with E-state index in [9.17, 15) is 9.59 Å². The van der Waals surface area contributed by atoms with E-state index in [1.165, 1.54) is 18.9 Å². The van der Waals surface area contributed by atoms with Gasteiger partial charge in [-0.25, -0.2) is 0 Å². The standard InChI is InChI=1S/C20H21NO5S2/c1-24-20(23)13-27-10-7-19(22)21-15-11-16-17(26-9-8-25-16)12-18(15)28-14-5-3-2-4-6-14/h2-6,11-12H,7-10,13H2,1H3,(H,21,22). The van der Waals surface area contributed by atoms with Crippen molar-refractivity contribution >= 4 is 41.1 Å². The third-order valence-electron chi connectivity index (χ3n) is 3.81. The molecule has 1 aliphatic heterocycles. The maximum atomic E-state index is 12.4. The fourth-order valence-corrected chi connectivity index (χ4v) is 4.15. The van der Waals surface area contributed by atoms with Crippen LogP contribution in [0.1, 0.15) is 6.42 Å². The molecule has 0 unspecified atom stereocenters. The maximum Gasteiger partial charge on any atom is 0.315 e. The van der Waals surface area contributed by atoms with Crippen molar-refractivity contribution < 1.29 is 23.8 Å². The number of ether oxygens (including phenoxy) is 3. The molecule has 6 nitrogen and oxygen atoms in total. The van der Waals surface area contributed by atoms with Gasteiger partial charge in [0.2, 0.25) is 5.91 Å². The third-order valence-corrected chi connectivity index (χ3v) is 5.81. The van der Waals surface area contributed by atoms with Crippen molar-refractivity contribution in [2.24, 2.45) is 0 Å². The summed E-state index contributed by atoms with van der Waals surface area (Å²) in [5.41, 5.74) is 0.682. The minimum Gasteiger partial charge on any atom is -0.486 e. The number of thioether (sulfide) groups is 1. The molecule has 1 aliphatic rings. The van der Waals surface area contributed by atoms with Crippen LogP contribution in [0.3, 0.4) is 0 Å². The molecule has 0 aliphatic carbocycles. The predicted molar refractivity (Wildman–Crippen MR) is 111 cm³/mol. The molecule has 28 heavy (non-hydrogen) atoms. The molecule has 0 spiro atoms. The van der Waals surface area contributed by atoms with Gasteiger partial charge in [0.05, 0.1) is 18.6 Å². The Kier molecular flexibility index (Phi) is 7.50. The van der Waals surface area contributed by atoms with Gasteiger partial charge in [0.25, 0.3) is 0 Å². The van der Waals surface area contributed by atoms with Crippen LogP contribution < -0.4 is 14.8 Å². The van der Waals surface area contributed by atoms with Gasteiger partial charge in [-0.3, -0.25) is 9.59 Å². The van der Waals surface area contributed by atoms with E-state index in [1.54, 1.807) is 17.8 Å². The first-order valence-electron chi connectivity index (χ1n) is 8.76. The lowest BCUT2D eigenvalue weighted by atomic mass is 10.2. The topological polar surface area (TPSA) is 73.9 Å². The molecule has 1 heterocycles. The Morgan fingerprint density at radius 3 is 2.54 bits per heavy atom. The fraction of sp³-hybridized carbons (Fsp3) is 0.300. The normalized spacial score (nSPS) is 12.3. The summed E-state index contributed by atoms with van der Waals surface area (Å²) in [5, 5.41) is 2.96. The molecule has 0 saturated heterocycles. The van der Waals surface area contributed by atoms with Crippen molar-refractivity contribution in [3.05, 3.63) is 42.5 Å². The summed E-state index contributed by atoms with van der Waals surface area (Å²) >= 11 is 2.92. The second-order valence-corrected chi connectivity index (χ2v) is 8.05. The lowest BCUT2D eigenvalue weighted by Crippen LogP contribution is -2.17. The van der Waals surface area contributed by atoms with E-state index in [0.29, 0.717) is 42.6 Å². The number of carbonyl (C=O) groups excluding carboxylic acids is 2. The van der Waals surface area contributed by atoms with Crippen LogP contribution in [-0.4, -0.2) is 43.7 Å². The minimum atomic E-state index is -0.293. The molecule has 2 aromatic rings. The van der Waals surface area contributed by atoms with Crippen molar-refractivity contribution in [3.63, 3.8) is 0 Å². The second kappa shape index (κ2) is 10.3. The third kappa shape index (κ3) is 5.84. The molecule has 0 aromatic heterocycles. The lowest BCUT2D eigenvalue weighted by molar-refractivity contribution is -0.137. The number of hydrogen-bond donors (Lipinski definition) is 1. The van der Waals surface area contributed by atoms with Crippen LogP contribution in [0, 0.1) is 0 Å². The first kappa shape index (κ1) is 20.4. The Labute approximate surface area is 172 Å². The van der Waals surface area contributed by atoms with E-state index in [2.05, 4.69) is 10.1 Å². The zero-order valence-corrected chi connectivity index (χ0v) is 17.1. The molecule has 148 valence electrons. The maximum absolute atomic E-state index is 12.4. The smallest absolute Gasteiger partial charge is 0.315 e. The van der Waals surface area contributed by atoms with E-state index in [0.717, 1.165) is 9.79 Å². The summed E-state index contributed by atoms with van der Waals surface area (Å²) in [6.45, 7) is 0.987. The zero-order valence-electron chi connectivity index (χ0n) is 15.4. The van der Waals surface area contributed by atoms with E-state index in [1.807, 2.05) is 36.4 Å². The van der Waals surface area contributed by atoms with Crippen LogP contribution >= 0.6 is 23.5 Å². The van der Waals surface area contributed by atoms with Gasteiger partial charge in [-0.05, 0) is 12.1 Å². The number of fused-ring (bicyclic) bond motifs is 1. The summed E-state index contributed by atoms with van der Waals surface area (Å²) in [6.07, 6.45) is 0.297. The SMILES string of the molecule is COC(=O)CSCCC(=O)Nc1cc2c(cc1Sc1ccccc1)OCCO2. The molecule has 0 fully saturated rings. The number of carbonyl (C=O) groups is 2. The Morgan fingerprint density at radius 1 is 1.11 bits per heavy atom. The van der Waals surface area contributed by atoms with E-state index in [4.69, 9.17) is 9.47 Å². The molecule has 1 N–H and O–H groups in total. The molecule has 0 saturated carbocycles. The Morgan fingerprint density at radius 2 is 1.82 bits per heavy atom. The average Bonchev–Trinajstić information content (AvgIpc) is 2.72. The highest BCUT2D eigenvalue weighted by molar-refractivity contribution is 8.00. The number of benzene rings is 2. The molecule has 0 radical (unpaired) electrons. The number of hydrogen-bond acceptors (Lipinski definition) is 7. The van der Waals surface area contributed by atoms with E-state index >= 15 is 0 Å². The van der Waals surface area contributed by atoms with Crippen molar-refractivity contribution in [2.45, 2.75) is 16.2 Å². The van der Waals surface area contributed by atoms with Crippen molar-refractivity contribution in [2.75, 3.05) is 37.1 Å². The molecule has 0 bridgehead atoms. The van der Waals surface area contributed by atoms with E-state index in [-0.39, 0.29) is 17.6 Å². The minimum absolute atomic E-state index is 0.121. The fourth-order valence-electron chi connectivity index (χ4n) is 2.46. The van der Waals surface area contributed by atoms with Crippen LogP contribution in [0.25, 0.3) is 0 Å². The predicted octanol–water partition coefficient (Wildman–Crippen LogP) is 3.84. The van der Waals surface area contributed by atoms with Gasteiger partial charge in [-0.15, -0.1) is 11.8 Å². The monoisotopic (exact) mass is 419 g/mol. The highest BCUT2D eigenvalue weighted by Gasteiger charge is 2.18. The summed E-state index contributed by atoms with van der Waals surface area (Å²) in [7, 11) is 1.35. The average molecular weight is 420 g/mol. The molecule has 0 atom stereocenters. The zero-order chi connectivity index (χ0) is 19.8. The van der Waals surface area contributed by atoms with Crippen LogP contribution in [0.4, 0.5) is 5.69 Å².